The van der Waals surface area contributed by atoms with Crippen molar-refractivity contribution in [2.75, 3.05) is 19.7 Å². The van der Waals surface area contributed by atoms with Crippen molar-refractivity contribution in [1.82, 2.24) is 10.6 Å². The number of carbonyl (C=O) groups is 2. The monoisotopic (exact) mass is 336 g/mol. The number of alkyl carbamates (subject to hydrolysis) is 1. The molecule has 2 N–H and O–H groups in total. The minimum atomic E-state index is -0.491. The van der Waals surface area contributed by atoms with Gasteiger partial charge in [0.25, 0.3) is 0 Å². The Hall–Kier alpha value is -3.08. The Morgan fingerprint density at radius 2 is 1.52 bits per heavy atom. The molecule has 0 unspecified atom stereocenters. The standard InChI is InChI=1S/C20H20N2O3/c1-2-19(23)21-11-12-22-20(24)25-13-18-16-9-5-3-7-14(16)15-8-4-6-10-17(15)18/h2-10,18H,1,11-13H2,(H,21,23)(H,22,24). The molecule has 3 rings (SSSR count). The van der Waals surface area contributed by atoms with Gasteiger partial charge in [0.05, 0.1) is 0 Å². The summed E-state index contributed by atoms with van der Waals surface area (Å²) in [5, 5.41) is 5.21. The molecule has 25 heavy (non-hydrogen) atoms. The summed E-state index contributed by atoms with van der Waals surface area (Å²) in [5.41, 5.74) is 4.74. The minimum absolute atomic E-state index is 0.0404. The van der Waals surface area contributed by atoms with E-state index in [1.54, 1.807) is 0 Å². The summed E-state index contributed by atoms with van der Waals surface area (Å²) in [7, 11) is 0. The summed E-state index contributed by atoms with van der Waals surface area (Å²) in [6.45, 7) is 4.27. The van der Waals surface area contributed by atoms with Crippen molar-refractivity contribution in [1.29, 1.82) is 0 Å². The summed E-state index contributed by atoms with van der Waals surface area (Å²) >= 11 is 0. The van der Waals surface area contributed by atoms with Crippen LogP contribution in [-0.4, -0.2) is 31.7 Å². The maximum atomic E-state index is 11.9. The SMILES string of the molecule is C=CC(=O)NCCNC(=O)OCC1c2ccccc2-c2ccccc21. The number of ether oxygens (including phenoxy) is 1. The van der Waals surface area contributed by atoms with Crippen molar-refractivity contribution in [2.24, 2.45) is 0 Å². The fourth-order valence-electron chi connectivity index (χ4n) is 3.07. The number of hydrogen-bond acceptors (Lipinski definition) is 3. The molecular formula is C20H20N2O3. The molecule has 2 aromatic rings. The Kier molecular flexibility index (Phi) is 5.14. The van der Waals surface area contributed by atoms with Gasteiger partial charge in [-0.05, 0) is 28.3 Å². The van der Waals surface area contributed by atoms with Crippen molar-refractivity contribution in [2.45, 2.75) is 5.92 Å². The Bertz CT molecular complexity index is 756. The molecule has 0 saturated heterocycles. The van der Waals surface area contributed by atoms with E-state index in [9.17, 15) is 9.59 Å². The lowest BCUT2D eigenvalue weighted by molar-refractivity contribution is -0.116. The van der Waals surface area contributed by atoms with Crippen LogP contribution in [0, 0.1) is 0 Å². The van der Waals surface area contributed by atoms with E-state index >= 15 is 0 Å². The largest absolute Gasteiger partial charge is 0.449 e. The fourth-order valence-corrected chi connectivity index (χ4v) is 3.07. The van der Waals surface area contributed by atoms with Gasteiger partial charge in [-0.1, -0.05) is 55.1 Å². The van der Waals surface area contributed by atoms with Crippen LogP contribution in [0.4, 0.5) is 4.79 Å². The smallest absolute Gasteiger partial charge is 0.407 e. The van der Waals surface area contributed by atoms with E-state index in [1.165, 1.54) is 28.3 Å². The normalized spacial score (nSPS) is 12.0. The molecule has 0 aromatic heterocycles. The second-order valence-electron chi connectivity index (χ2n) is 5.75. The number of amides is 2. The van der Waals surface area contributed by atoms with Gasteiger partial charge in [-0.2, -0.15) is 0 Å². The lowest BCUT2D eigenvalue weighted by Gasteiger charge is -2.14. The van der Waals surface area contributed by atoms with Crippen LogP contribution in [0.3, 0.4) is 0 Å². The number of nitrogens with one attached hydrogen (secondary N) is 2. The molecule has 5 heteroatoms. The van der Waals surface area contributed by atoms with Crippen molar-refractivity contribution >= 4 is 12.0 Å². The van der Waals surface area contributed by atoms with Crippen LogP contribution in [0.5, 0.6) is 0 Å². The summed E-state index contributed by atoms with van der Waals surface area (Å²) in [6.07, 6.45) is 0.697. The number of hydrogen-bond donors (Lipinski definition) is 2. The lowest BCUT2D eigenvalue weighted by atomic mass is 9.98. The van der Waals surface area contributed by atoms with Gasteiger partial charge in [0.2, 0.25) is 5.91 Å². The third kappa shape index (κ3) is 3.71. The van der Waals surface area contributed by atoms with E-state index in [-0.39, 0.29) is 18.4 Å². The Morgan fingerprint density at radius 3 is 2.12 bits per heavy atom. The number of benzene rings is 2. The molecule has 0 spiro atoms. The van der Waals surface area contributed by atoms with Crippen molar-refractivity contribution in [3.8, 4) is 11.1 Å². The molecule has 0 aliphatic heterocycles. The van der Waals surface area contributed by atoms with E-state index < -0.39 is 6.09 Å². The summed E-state index contributed by atoms with van der Waals surface area (Å²) in [4.78, 5) is 22.9. The molecule has 0 bridgehead atoms. The quantitative estimate of drug-likeness (QED) is 0.630. The van der Waals surface area contributed by atoms with Gasteiger partial charge in [0, 0.05) is 19.0 Å². The highest BCUT2D eigenvalue weighted by atomic mass is 16.5. The first kappa shape index (κ1) is 16.8. The van der Waals surface area contributed by atoms with Gasteiger partial charge >= 0.3 is 6.09 Å². The van der Waals surface area contributed by atoms with Crippen LogP contribution in [-0.2, 0) is 9.53 Å². The van der Waals surface area contributed by atoms with Crippen LogP contribution < -0.4 is 10.6 Å². The van der Waals surface area contributed by atoms with Gasteiger partial charge in [-0.15, -0.1) is 0 Å². The molecule has 2 amide bonds. The number of carbonyl (C=O) groups excluding carboxylic acids is 2. The van der Waals surface area contributed by atoms with Crippen LogP contribution in [0.15, 0.2) is 61.2 Å². The van der Waals surface area contributed by atoms with E-state index in [1.807, 2.05) is 24.3 Å². The molecule has 128 valence electrons. The summed E-state index contributed by atoms with van der Waals surface area (Å²) in [5.74, 6) is -0.229. The third-order valence-electron chi connectivity index (χ3n) is 4.22. The Morgan fingerprint density at radius 1 is 0.960 bits per heavy atom. The van der Waals surface area contributed by atoms with Crippen LogP contribution >= 0.6 is 0 Å². The van der Waals surface area contributed by atoms with E-state index in [4.69, 9.17) is 4.74 Å². The molecule has 1 aliphatic rings. The molecular weight excluding hydrogens is 316 g/mol. The fraction of sp³-hybridized carbons (Fsp3) is 0.200. The zero-order chi connectivity index (χ0) is 17.6. The summed E-state index contributed by atoms with van der Waals surface area (Å²) in [6, 6.07) is 16.4. The van der Waals surface area contributed by atoms with Crippen molar-refractivity contribution in [3.63, 3.8) is 0 Å². The molecule has 0 saturated carbocycles. The zero-order valence-corrected chi connectivity index (χ0v) is 13.8. The van der Waals surface area contributed by atoms with Crippen LogP contribution in [0.2, 0.25) is 0 Å². The first-order valence-corrected chi connectivity index (χ1v) is 8.20. The predicted octanol–water partition coefficient (Wildman–Crippen LogP) is 2.83. The van der Waals surface area contributed by atoms with E-state index in [2.05, 4.69) is 41.5 Å². The average Bonchev–Trinajstić information content (AvgIpc) is 2.97. The van der Waals surface area contributed by atoms with Gasteiger partial charge in [-0.3, -0.25) is 4.79 Å². The highest BCUT2D eigenvalue weighted by Crippen LogP contribution is 2.44. The lowest BCUT2D eigenvalue weighted by Crippen LogP contribution is -2.34. The van der Waals surface area contributed by atoms with Crippen LogP contribution in [0.25, 0.3) is 11.1 Å². The molecule has 0 fully saturated rings. The summed E-state index contributed by atoms with van der Waals surface area (Å²) < 4.78 is 5.39. The topological polar surface area (TPSA) is 67.4 Å². The van der Waals surface area contributed by atoms with Gasteiger partial charge in [0.1, 0.15) is 6.61 Å². The maximum Gasteiger partial charge on any atom is 0.407 e. The van der Waals surface area contributed by atoms with E-state index in [0.29, 0.717) is 13.1 Å². The second kappa shape index (κ2) is 7.66. The molecule has 1 aliphatic carbocycles. The molecule has 0 heterocycles. The number of fused-ring (bicyclic) bond motifs is 3. The Labute approximate surface area is 146 Å². The predicted molar refractivity (Wildman–Crippen MR) is 96.3 cm³/mol. The minimum Gasteiger partial charge on any atom is -0.449 e. The molecule has 0 atom stereocenters. The van der Waals surface area contributed by atoms with Gasteiger partial charge < -0.3 is 15.4 Å². The number of rotatable bonds is 6. The second-order valence-corrected chi connectivity index (χ2v) is 5.75. The van der Waals surface area contributed by atoms with Crippen molar-refractivity contribution in [3.05, 3.63) is 72.3 Å². The third-order valence-corrected chi connectivity index (χ3v) is 4.22. The first-order chi connectivity index (χ1) is 12.2. The average molecular weight is 336 g/mol. The molecule has 2 aromatic carbocycles. The van der Waals surface area contributed by atoms with Gasteiger partial charge in [0.15, 0.2) is 0 Å². The Balaban J connectivity index is 1.57. The highest BCUT2D eigenvalue weighted by molar-refractivity contribution is 5.86. The zero-order valence-electron chi connectivity index (χ0n) is 13.8. The van der Waals surface area contributed by atoms with Gasteiger partial charge in [-0.25, -0.2) is 4.79 Å². The molecule has 0 radical (unpaired) electrons. The van der Waals surface area contributed by atoms with Crippen LogP contribution in [0.1, 0.15) is 17.0 Å². The van der Waals surface area contributed by atoms with E-state index in [0.717, 1.165) is 0 Å². The maximum absolute atomic E-state index is 11.9. The first-order valence-electron chi connectivity index (χ1n) is 8.20. The van der Waals surface area contributed by atoms with Crippen molar-refractivity contribution < 1.29 is 14.3 Å². The molecule has 5 nitrogen and oxygen atoms in total. The highest BCUT2D eigenvalue weighted by Gasteiger charge is 2.28.